The van der Waals surface area contributed by atoms with Crippen LogP contribution in [0.5, 0.6) is 0 Å². The number of halogens is 2. The second-order valence-corrected chi connectivity index (χ2v) is 5.12. The van der Waals surface area contributed by atoms with E-state index in [9.17, 15) is 19.0 Å². The van der Waals surface area contributed by atoms with Crippen LogP contribution in [0, 0.1) is 11.6 Å². The van der Waals surface area contributed by atoms with E-state index in [2.05, 4.69) is 0 Å². The third-order valence-electron chi connectivity index (χ3n) is 3.68. The molecule has 1 unspecified atom stereocenters. The number of aliphatic hydroxyl groups excluding tert-OH is 1. The fraction of sp³-hybridized carbons (Fsp3) is 0.571. The highest BCUT2D eigenvalue weighted by Crippen LogP contribution is 2.37. The molecule has 1 saturated carbocycles. The number of hydrogen-bond donors (Lipinski definition) is 2. The summed E-state index contributed by atoms with van der Waals surface area (Å²) in [6.07, 6.45) is 3.38. The molecule has 1 aromatic rings. The molecule has 1 fully saturated rings. The molecule has 18 heavy (non-hydrogen) atoms. The highest BCUT2D eigenvalue weighted by Gasteiger charge is 2.37. The minimum Gasteiger partial charge on any atom is -0.387 e. The molecule has 1 aliphatic rings. The van der Waals surface area contributed by atoms with Gasteiger partial charge in [0.2, 0.25) is 0 Å². The van der Waals surface area contributed by atoms with Crippen LogP contribution in [-0.2, 0) is 0 Å². The van der Waals surface area contributed by atoms with Crippen LogP contribution in [0.1, 0.15) is 50.2 Å². The van der Waals surface area contributed by atoms with E-state index in [-0.39, 0.29) is 5.56 Å². The molecule has 0 spiro atoms. The van der Waals surface area contributed by atoms with Gasteiger partial charge in [0, 0.05) is 6.07 Å². The summed E-state index contributed by atoms with van der Waals surface area (Å²) >= 11 is 0. The molecular formula is C14H18F2O2. The average molecular weight is 256 g/mol. The van der Waals surface area contributed by atoms with Gasteiger partial charge in [-0.1, -0.05) is 25.7 Å². The normalized spacial score (nSPS) is 21.3. The number of hydrogen-bond acceptors (Lipinski definition) is 2. The summed E-state index contributed by atoms with van der Waals surface area (Å²) in [6.45, 7) is 0. The van der Waals surface area contributed by atoms with E-state index in [1.54, 1.807) is 0 Å². The number of aliphatic hydroxyl groups is 2. The molecule has 0 amide bonds. The molecule has 4 heteroatoms. The molecule has 1 atom stereocenters. The van der Waals surface area contributed by atoms with Crippen LogP contribution < -0.4 is 0 Å². The van der Waals surface area contributed by atoms with Crippen LogP contribution in [0.2, 0.25) is 0 Å². The lowest BCUT2D eigenvalue weighted by Crippen LogP contribution is -2.35. The van der Waals surface area contributed by atoms with E-state index in [0.29, 0.717) is 12.8 Å². The summed E-state index contributed by atoms with van der Waals surface area (Å²) in [6, 6.07) is 2.92. The predicted octanol–water partition coefficient (Wildman–Crippen LogP) is 3.08. The lowest BCUT2D eigenvalue weighted by Gasteiger charge is -2.32. The Morgan fingerprint density at radius 2 is 1.44 bits per heavy atom. The molecule has 0 radical (unpaired) electrons. The van der Waals surface area contributed by atoms with Crippen LogP contribution in [0.25, 0.3) is 0 Å². The molecule has 0 aliphatic heterocycles. The fourth-order valence-electron chi connectivity index (χ4n) is 2.66. The van der Waals surface area contributed by atoms with Crippen LogP contribution in [0.15, 0.2) is 18.2 Å². The quantitative estimate of drug-likeness (QED) is 0.798. The number of rotatable bonds is 2. The smallest absolute Gasteiger partial charge is 0.126 e. The zero-order valence-corrected chi connectivity index (χ0v) is 10.2. The zero-order valence-electron chi connectivity index (χ0n) is 10.2. The molecule has 1 aliphatic carbocycles. The molecule has 2 rings (SSSR count). The minimum absolute atomic E-state index is 0.108. The van der Waals surface area contributed by atoms with Crippen molar-refractivity contribution in [3.8, 4) is 0 Å². The van der Waals surface area contributed by atoms with E-state index in [0.717, 1.165) is 43.9 Å². The SMILES string of the molecule is OC(c1cc(F)cc(F)c1)C1(O)CCCCCC1. The third-order valence-corrected chi connectivity index (χ3v) is 3.68. The Morgan fingerprint density at radius 1 is 0.944 bits per heavy atom. The van der Waals surface area contributed by atoms with Crippen LogP contribution in [0.3, 0.4) is 0 Å². The van der Waals surface area contributed by atoms with Gasteiger partial charge in [-0.25, -0.2) is 8.78 Å². The van der Waals surface area contributed by atoms with Gasteiger partial charge in [-0.3, -0.25) is 0 Å². The Morgan fingerprint density at radius 3 is 1.94 bits per heavy atom. The van der Waals surface area contributed by atoms with E-state index in [1.165, 1.54) is 0 Å². The Hall–Kier alpha value is -1.00. The van der Waals surface area contributed by atoms with Crippen molar-refractivity contribution in [2.75, 3.05) is 0 Å². The van der Waals surface area contributed by atoms with E-state index < -0.39 is 23.3 Å². The van der Waals surface area contributed by atoms with Crippen molar-refractivity contribution in [1.82, 2.24) is 0 Å². The number of benzene rings is 1. The molecule has 0 saturated heterocycles. The van der Waals surface area contributed by atoms with Crippen LogP contribution >= 0.6 is 0 Å². The Bertz CT molecular complexity index is 392. The van der Waals surface area contributed by atoms with Gasteiger partial charge in [-0.05, 0) is 30.5 Å². The molecular weight excluding hydrogens is 238 g/mol. The Kier molecular flexibility index (Phi) is 3.97. The van der Waals surface area contributed by atoms with E-state index in [1.807, 2.05) is 0 Å². The summed E-state index contributed by atoms with van der Waals surface area (Å²) in [5, 5.41) is 20.7. The second-order valence-electron chi connectivity index (χ2n) is 5.12. The van der Waals surface area contributed by atoms with Gasteiger partial charge < -0.3 is 10.2 Å². The van der Waals surface area contributed by atoms with Gasteiger partial charge in [0.25, 0.3) is 0 Å². The van der Waals surface area contributed by atoms with E-state index in [4.69, 9.17) is 0 Å². The minimum atomic E-state index is -1.27. The first-order chi connectivity index (χ1) is 8.51. The Balaban J connectivity index is 2.25. The van der Waals surface area contributed by atoms with Gasteiger partial charge >= 0.3 is 0 Å². The van der Waals surface area contributed by atoms with Crippen LogP contribution in [-0.4, -0.2) is 15.8 Å². The van der Waals surface area contributed by atoms with Crippen molar-refractivity contribution >= 4 is 0 Å². The molecule has 0 aromatic heterocycles. The van der Waals surface area contributed by atoms with Crippen LogP contribution in [0.4, 0.5) is 8.78 Å². The topological polar surface area (TPSA) is 40.5 Å². The van der Waals surface area contributed by atoms with Crippen molar-refractivity contribution in [3.05, 3.63) is 35.4 Å². The molecule has 100 valence electrons. The van der Waals surface area contributed by atoms with Gasteiger partial charge in [0.1, 0.15) is 17.7 Å². The fourth-order valence-corrected chi connectivity index (χ4v) is 2.66. The van der Waals surface area contributed by atoms with Gasteiger partial charge in [0.15, 0.2) is 0 Å². The monoisotopic (exact) mass is 256 g/mol. The van der Waals surface area contributed by atoms with Crippen molar-refractivity contribution in [2.45, 2.75) is 50.2 Å². The lowest BCUT2D eigenvalue weighted by atomic mass is 9.84. The first kappa shape index (κ1) is 13.4. The predicted molar refractivity (Wildman–Crippen MR) is 64.0 cm³/mol. The first-order valence-electron chi connectivity index (χ1n) is 6.38. The zero-order chi connectivity index (χ0) is 13.2. The maximum Gasteiger partial charge on any atom is 0.126 e. The Labute approximate surface area is 105 Å². The maximum absolute atomic E-state index is 13.1. The summed E-state index contributed by atoms with van der Waals surface area (Å²) in [4.78, 5) is 0. The molecule has 1 aromatic carbocycles. The third kappa shape index (κ3) is 2.87. The molecule has 0 bridgehead atoms. The van der Waals surface area contributed by atoms with E-state index >= 15 is 0 Å². The van der Waals surface area contributed by atoms with Crippen molar-refractivity contribution in [2.24, 2.45) is 0 Å². The maximum atomic E-state index is 13.1. The van der Waals surface area contributed by atoms with Crippen molar-refractivity contribution < 1.29 is 19.0 Å². The van der Waals surface area contributed by atoms with Crippen molar-refractivity contribution in [1.29, 1.82) is 0 Å². The van der Waals surface area contributed by atoms with Gasteiger partial charge in [-0.2, -0.15) is 0 Å². The first-order valence-corrected chi connectivity index (χ1v) is 6.38. The molecule has 2 nitrogen and oxygen atoms in total. The van der Waals surface area contributed by atoms with Crippen molar-refractivity contribution in [3.63, 3.8) is 0 Å². The summed E-state index contributed by atoms with van der Waals surface area (Å²) in [5.74, 6) is -1.47. The van der Waals surface area contributed by atoms with Gasteiger partial charge in [0.05, 0.1) is 5.60 Å². The van der Waals surface area contributed by atoms with Gasteiger partial charge in [-0.15, -0.1) is 0 Å². The largest absolute Gasteiger partial charge is 0.387 e. The summed E-state index contributed by atoms with van der Waals surface area (Å²) in [7, 11) is 0. The highest BCUT2D eigenvalue weighted by atomic mass is 19.1. The standard InChI is InChI=1S/C14H18F2O2/c15-11-7-10(8-12(16)9-11)13(17)14(18)5-3-1-2-4-6-14/h7-9,13,17-18H,1-6H2. The highest BCUT2D eigenvalue weighted by molar-refractivity contribution is 5.22. The second kappa shape index (κ2) is 5.33. The lowest BCUT2D eigenvalue weighted by molar-refractivity contribution is -0.0869. The molecule has 2 N–H and O–H groups in total. The average Bonchev–Trinajstić information content (AvgIpc) is 2.53. The summed E-state index contributed by atoms with van der Waals surface area (Å²) in [5.41, 5.74) is -1.16. The molecule has 0 heterocycles. The summed E-state index contributed by atoms with van der Waals surface area (Å²) < 4.78 is 26.3.